The predicted molar refractivity (Wildman–Crippen MR) is 127 cm³/mol. The van der Waals surface area contributed by atoms with Crippen molar-refractivity contribution in [3.63, 3.8) is 0 Å². The van der Waals surface area contributed by atoms with Gasteiger partial charge in [-0.2, -0.15) is 4.31 Å². The van der Waals surface area contributed by atoms with Crippen molar-refractivity contribution < 1.29 is 17.9 Å². The van der Waals surface area contributed by atoms with Gasteiger partial charge in [-0.25, -0.2) is 8.42 Å². The number of benzene rings is 3. The number of anilines is 1. The van der Waals surface area contributed by atoms with Gasteiger partial charge < -0.3 is 10.1 Å². The summed E-state index contributed by atoms with van der Waals surface area (Å²) in [5, 5.41) is 2.93. The van der Waals surface area contributed by atoms with Crippen molar-refractivity contribution in [2.24, 2.45) is 5.92 Å². The molecular weight excluding hydrogens is 492 g/mol. The Balaban J connectivity index is 1.31. The number of halogens is 1. The molecule has 1 aliphatic rings. The van der Waals surface area contributed by atoms with Crippen LogP contribution in [-0.2, 0) is 14.8 Å². The average molecular weight is 515 g/mol. The van der Waals surface area contributed by atoms with Gasteiger partial charge >= 0.3 is 0 Å². The maximum atomic E-state index is 12.8. The zero-order valence-electron chi connectivity index (χ0n) is 17.3. The fourth-order valence-electron chi connectivity index (χ4n) is 3.59. The highest BCUT2D eigenvalue weighted by molar-refractivity contribution is 9.10. The second kappa shape index (κ2) is 9.85. The van der Waals surface area contributed by atoms with E-state index in [0.717, 1.165) is 10.2 Å². The van der Waals surface area contributed by atoms with Crippen molar-refractivity contribution in [3.8, 4) is 11.5 Å². The van der Waals surface area contributed by atoms with Gasteiger partial charge in [-0.3, -0.25) is 4.79 Å². The molecule has 166 valence electrons. The molecule has 0 saturated carbocycles. The maximum absolute atomic E-state index is 12.8. The van der Waals surface area contributed by atoms with Crippen LogP contribution < -0.4 is 10.1 Å². The van der Waals surface area contributed by atoms with Gasteiger partial charge in [0.15, 0.2) is 0 Å². The third kappa shape index (κ3) is 5.38. The molecule has 0 bridgehead atoms. The lowest BCUT2D eigenvalue weighted by atomic mass is 9.97. The van der Waals surface area contributed by atoms with Crippen LogP contribution in [-0.4, -0.2) is 31.7 Å². The van der Waals surface area contributed by atoms with Gasteiger partial charge in [0.25, 0.3) is 0 Å². The number of carbonyl (C=O) groups is 1. The zero-order chi connectivity index (χ0) is 22.6. The average Bonchev–Trinajstić information content (AvgIpc) is 2.81. The molecule has 0 aliphatic carbocycles. The summed E-state index contributed by atoms with van der Waals surface area (Å²) in [5.41, 5.74) is 0.681. The van der Waals surface area contributed by atoms with Gasteiger partial charge in [-0.15, -0.1) is 0 Å². The summed E-state index contributed by atoms with van der Waals surface area (Å²) >= 11 is 3.32. The molecule has 1 saturated heterocycles. The largest absolute Gasteiger partial charge is 0.457 e. The van der Waals surface area contributed by atoms with Gasteiger partial charge in [0.2, 0.25) is 15.9 Å². The smallest absolute Gasteiger partial charge is 0.243 e. The topological polar surface area (TPSA) is 75.7 Å². The highest BCUT2D eigenvalue weighted by Crippen LogP contribution is 2.27. The molecule has 32 heavy (non-hydrogen) atoms. The minimum absolute atomic E-state index is 0.0950. The fraction of sp³-hybridized carbons (Fsp3) is 0.208. The Kier molecular flexibility index (Phi) is 6.93. The summed E-state index contributed by atoms with van der Waals surface area (Å²) in [6, 6.07) is 23.3. The Bertz CT molecular complexity index is 1160. The normalized spacial score (nSPS) is 15.3. The van der Waals surface area contributed by atoms with E-state index in [1.54, 1.807) is 48.5 Å². The van der Waals surface area contributed by atoms with Crippen LogP contribution in [0.2, 0.25) is 0 Å². The van der Waals surface area contributed by atoms with E-state index < -0.39 is 10.0 Å². The standard InChI is InChI=1S/C24H23BrN2O4S/c25-19-6-12-23(13-7-19)32(29,30)27-16-14-18(15-17-27)24(28)26-20-8-10-22(11-9-20)31-21-4-2-1-3-5-21/h1-13,18H,14-17H2,(H,26,28). The van der Waals surface area contributed by atoms with Crippen LogP contribution in [0.1, 0.15) is 12.8 Å². The Morgan fingerprint density at radius 3 is 2.09 bits per heavy atom. The highest BCUT2D eigenvalue weighted by Gasteiger charge is 2.32. The van der Waals surface area contributed by atoms with E-state index in [1.807, 2.05) is 30.3 Å². The minimum atomic E-state index is -3.55. The molecule has 3 aromatic rings. The molecule has 1 heterocycles. The second-order valence-corrected chi connectivity index (χ2v) is 10.4. The molecule has 8 heteroatoms. The van der Waals surface area contributed by atoms with Crippen LogP contribution in [0.3, 0.4) is 0 Å². The van der Waals surface area contributed by atoms with Gasteiger partial charge in [0.1, 0.15) is 11.5 Å². The zero-order valence-corrected chi connectivity index (χ0v) is 19.7. The number of ether oxygens (including phenoxy) is 1. The first kappa shape index (κ1) is 22.5. The van der Waals surface area contributed by atoms with Crippen molar-refractivity contribution in [1.29, 1.82) is 0 Å². The van der Waals surface area contributed by atoms with Crippen molar-refractivity contribution in [3.05, 3.63) is 83.3 Å². The van der Waals surface area contributed by atoms with Crippen molar-refractivity contribution in [1.82, 2.24) is 4.31 Å². The number of hydrogen-bond donors (Lipinski definition) is 1. The SMILES string of the molecule is O=C(Nc1ccc(Oc2ccccc2)cc1)C1CCN(S(=O)(=O)c2ccc(Br)cc2)CC1. The number of sulfonamides is 1. The second-order valence-electron chi connectivity index (χ2n) is 7.56. The lowest BCUT2D eigenvalue weighted by Crippen LogP contribution is -2.41. The third-order valence-corrected chi connectivity index (χ3v) is 7.82. The van der Waals surface area contributed by atoms with Crippen molar-refractivity contribution >= 4 is 37.5 Å². The molecule has 1 N–H and O–H groups in total. The Morgan fingerprint density at radius 1 is 0.875 bits per heavy atom. The molecular formula is C24H23BrN2O4S. The molecule has 0 unspecified atom stereocenters. The van der Waals surface area contributed by atoms with E-state index >= 15 is 0 Å². The van der Waals surface area contributed by atoms with Gasteiger partial charge in [0, 0.05) is 29.2 Å². The van der Waals surface area contributed by atoms with Crippen LogP contribution in [0.25, 0.3) is 0 Å². The van der Waals surface area contributed by atoms with E-state index in [-0.39, 0.29) is 16.7 Å². The van der Waals surface area contributed by atoms with Crippen molar-refractivity contribution in [2.45, 2.75) is 17.7 Å². The maximum Gasteiger partial charge on any atom is 0.243 e. The summed E-state index contributed by atoms with van der Waals surface area (Å²) in [6.45, 7) is 0.640. The minimum Gasteiger partial charge on any atom is -0.457 e. The van der Waals surface area contributed by atoms with E-state index in [9.17, 15) is 13.2 Å². The molecule has 1 amide bonds. The van der Waals surface area contributed by atoms with E-state index in [0.29, 0.717) is 37.4 Å². The number of carbonyl (C=O) groups excluding carboxylic acids is 1. The van der Waals surface area contributed by atoms with E-state index in [2.05, 4.69) is 21.2 Å². The Morgan fingerprint density at radius 2 is 1.47 bits per heavy atom. The van der Waals surface area contributed by atoms with Gasteiger partial charge in [0.05, 0.1) is 4.90 Å². The quantitative estimate of drug-likeness (QED) is 0.485. The molecule has 0 atom stereocenters. The number of amides is 1. The van der Waals surface area contributed by atoms with Crippen LogP contribution >= 0.6 is 15.9 Å². The number of nitrogens with zero attached hydrogens (tertiary/aromatic N) is 1. The Labute approximate surface area is 196 Å². The first-order valence-electron chi connectivity index (χ1n) is 10.3. The summed E-state index contributed by atoms with van der Waals surface area (Å²) in [6.07, 6.45) is 0.966. The number of rotatable bonds is 6. The summed E-state index contributed by atoms with van der Waals surface area (Å²) in [5.74, 6) is 1.10. The van der Waals surface area contributed by atoms with Gasteiger partial charge in [-0.05, 0) is 73.5 Å². The van der Waals surface area contributed by atoms with Crippen molar-refractivity contribution in [2.75, 3.05) is 18.4 Å². The summed E-state index contributed by atoms with van der Waals surface area (Å²) in [7, 11) is -3.55. The van der Waals surface area contributed by atoms with E-state index in [1.165, 1.54) is 4.31 Å². The molecule has 0 spiro atoms. The number of hydrogen-bond acceptors (Lipinski definition) is 4. The monoisotopic (exact) mass is 514 g/mol. The lowest BCUT2D eigenvalue weighted by molar-refractivity contribution is -0.120. The van der Waals surface area contributed by atoms with Crippen LogP contribution in [0.15, 0.2) is 88.2 Å². The molecule has 3 aromatic carbocycles. The van der Waals surface area contributed by atoms with Crippen LogP contribution in [0, 0.1) is 5.92 Å². The molecule has 1 fully saturated rings. The van der Waals surface area contributed by atoms with Crippen LogP contribution in [0.4, 0.5) is 5.69 Å². The summed E-state index contributed by atoms with van der Waals surface area (Å²) in [4.78, 5) is 13.0. The summed E-state index contributed by atoms with van der Waals surface area (Å²) < 4.78 is 33.7. The molecule has 4 rings (SSSR count). The number of nitrogens with one attached hydrogen (secondary N) is 1. The molecule has 6 nitrogen and oxygen atoms in total. The first-order chi connectivity index (χ1) is 15.4. The van der Waals surface area contributed by atoms with E-state index in [4.69, 9.17) is 4.74 Å². The third-order valence-electron chi connectivity index (χ3n) is 5.38. The van der Waals surface area contributed by atoms with Crippen LogP contribution in [0.5, 0.6) is 11.5 Å². The highest BCUT2D eigenvalue weighted by atomic mass is 79.9. The fourth-order valence-corrected chi connectivity index (χ4v) is 5.32. The number of para-hydroxylation sites is 1. The molecule has 1 aliphatic heterocycles. The first-order valence-corrected chi connectivity index (χ1v) is 12.5. The molecule has 0 radical (unpaired) electrons. The number of piperidine rings is 1. The lowest BCUT2D eigenvalue weighted by Gasteiger charge is -2.30. The predicted octanol–water partition coefficient (Wildman–Crippen LogP) is 5.28. The van der Waals surface area contributed by atoms with Gasteiger partial charge in [-0.1, -0.05) is 34.1 Å². The Hall–Kier alpha value is -2.68. The molecule has 0 aromatic heterocycles.